The zero-order chi connectivity index (χ0) is 23.8. The Morgan fingerprint density at radius 1 is 1.21 bits per heavy atom. The lowest BCUT2D eigenvalue weighted by molar-refractivity contribution is -0.130. The number of aromatic nitrogens is 1. The molecule has 0 bridgehead atoms. The fourth-order valence-corrected chi connectivity index (χ4v) is 5.18. The third kappa shape index (κ3) is 4.89. The summed E-state index contributed by atoms with van der Waals surface area (Å²) >= 11 is 5.94. The second kappa shape index (κ2) is 9.15. The summed E-state index contributed by atoms with van der Waals surface area (Å²) in [4.78, 5) is 21.1. The van der Waals surface area contributed by atoms with Gasteiger partial charge in [0, 0.05) is 38.1 Å². The first kappa shape index (κ1) is 23.3. The summed E-state index contributed by atoms with van der Waals surface area (Å²) in [6.45, 7) is 1.86. The fraction of sp³-hybridized carbons (Fsp3) is 0.409. The van der Waals surface area contributed by atoms with Gasteiger partial charge in [-0.15, -0.1) is 0 Å². The minimum Gasteiger partial charge on any atom is -0.371 e. The van der Waals surface area contributed by atoms with Crippen LogP contribution in [-0.4, -0.2) is 62.2 Å². The number of rotatable bonds is 5. The van der Waals surface area contributed by atoms with E-state index in [9.17, 15) is 22.9 Å². The molecule has 8 nitrogen and oxygen atoms in total. The van der Waals surface area contributed by atoms with E-state index in [1.165, 1.54) is 18.3 Å². The lowest BCUT2D eigenvalue weighted by Crippen LogP contribution is -2.47. The molecule has 1 aromatic carbocycles. The van der Waals surface area contributed by atoms with Crippen molar-refractivity contribution in [3.05, 3.63) is 46.9 Å². The van der Waals surface area contributed by atoms with Crippen molar-refractivity contribution >= 4 is 38.9 Å². The van der Waals surface area contributed by atoms with Gasteiger partial charge in [-0.25, -0.2) is 17.8 Å². The van der Waals surface area contributed by atoms with E-state index in [0.717, 1.165) is 25.2 Å². The molecule has 11 heteroatoms. The van der Waals surface area contributed by atoms with Crippen LogP contribution in [0.25, 0.3) is 0 Å². The number of anilines is 2. The van der Waals surface area contributed by atoms with Crippen LogP contribution >= 0.6 is 11.6 Å². The third-order valence-corrected chi connectivity index (χ3v) is 7.41. The number of likely N-dealkylation sites (tertiary alicyclic amines) is 1. The minimum atomic E-state index is -3.51. The maximum atomic E-state index is 14.4. The number of nitrogens with one attached hydrogen (secondary N) is 1. The fourth-order valence-electron chi connectivity index (χ4n) is 4.39. The molecule has 0 saturated carbocycles. The standard InChI is InChI=1S/C22H23ClFN5O3S/c1-33(31,32)17-2-3-19(18(24)11-17)27-20-6-9-29(22(20)30)16-4-7-28(8-5-16)21-14(12-25)10-15(23)13-26-21/h2-3,10-11,13,16,20,27H,4-9H2,1H3/t20-/m0/s1. The van der Waals surface area contributed by atoms with Gasteiger partial charge in [0.15, 0.2) is 9.84 Å². The molecule has 2 saturated heterocycles. The van der Waals surface area contributed by atoms with Crippen LogP contribution in [0.3, 0.4) is 0 Å². The van der Waals surface area contributed by atoms with Gasteiger partial charge in [-0.05, 0) is 43.5 Å². The van der Waals surface area contributed by atoms with Gasteiger partial charge in [-0.3, -0.25) is 4.79 Å². The molecule has 1 atom stereocenters. The molecule has 2 fully saturated rings. The average Bonchev–Trinajstić information content (AvgIpc) is 3.14. The first-order valence-corrected chi connectivity index (χ1v) is 12.8. The maximum Gasteiger partial charge on any atom is 0.245 e. The smallest absolute Gasteiger partial charge is 0.245 e. The number of nitriles is 1. The number of amides is 1. The highest BCUT2D eigenvalue weighted by atomic mass is 35.5. The number of carbonyl (C=O) groups is 1. The Hall–Kier alpha value is -2.90. The molecule has 2 aliphatic rings. The van der Waals surface area contributed by atoms with Crippen LogP contribution in [0.5, 0.6) is 0 Å². The molecule has 2 aromatic rings. The SMILES string of the molecule is CS(=O)(=O)c1ccc(N[C@H]2CCN(C3CCN(c4ncc(Cl)cc4C#N)CC3)C2=O)c(F)c1. The van der Waals surface area contributed by atoms with Gasteiger partial charge in [0.1, 0.15) is 23.7 Å². The number of benzene rings is 1. The second-order valence-electron chi connectivity index (χ2n) is 8.29. The van der Waals surface area contributed by atoms with Crippen molar-refractivity contribution in [2.24, 2.45) is 0 Å². The van der Waals surface area contributed by atoms with Crippen molar-refractivity contribution in [2.45, 2.75) is 36.2 Å². The highest BCUT2D eigenvalue weighted by Crippen LogP contribution is 2.29. The van der Waals surface area contributed by atoms with Gasteiger partial charge >= 0.3 is 0 Å². The summed E-state index contributed by atoms with van der Waals surface area (Å²) in [5.74, 6) is -0.204. The molecule has 0 unspecified atom stereocenters. The van der Waals surface area contributed by atoms with Crippen molar-refractivity contribution in [1.82, 2.24) is 9.88 Å². The third-order valence-electron chi connectivity index (χ3n) is 6.10. The van der Waals surface area contributed by atoms with E-state index in [1.54, 1.807) is 6.07 Å². The topological polar surface area (TPSA) is 106 Å². The van der Waals surface area contributed by atoms with Crippen molar-refractivity contribution in [3.8, 4) is 6.07 Å². The Morgan fingerprint density at radius 3 is 2.58 bits per heavy atom. The van der Waals surface area contributed by atoms with Gasteiger partial charge in [0.2, 0.25) is 5.91 Å². The van der Waals surface area contributed by atoms with Crippen LogP contribution < -0.4 is 10.2 Å². The van der Waals surface area contributed by atoms with Crippen LogP contribution in [0, 0.1) is 17.1 Å². The summed E-state index contributed by atoms with van der Waals surface area (Å²) in [5.41, 5.74) is 0.529. The van der Waals surface area contributed by atoms with Crippen molar-refractivity contribution in [3.63, 3.8) is 0 Å². The Bertz CT molecular complexity index is 1230. The Morgan fingerprint density at radius 2 is 1.94 bits per heavy atom. The molecule has 4 rings (SSSR count). The van der Waals surface area contributed by atoms with Crippen LogP contribution in [0.4, 0.5) is 15.9 Å². The Balaban J connectivity index is 1.38. The first-order valence-electron chi connectivity index (χ1n) is 10.5. The van der Waals surface area contributed by atoms with E-state index in [4.69, 9.17) is 11.6 Å². The quantitative estimate of drug-likeness (QED) is 0.685. The van der Waals surface area contributed by atoms with E-state index in [0.29, 0.717) is 42.5 Å². The van der Waals surface area contributed by atoms with E-state index in [2.05, 4.69) is 16.4 Å². The molecular formula is C22H23ClFN5O3S. The average molecular weight is 492 g/mol. The van der Waals surface area contributed by atoms with Gasteiger partial charge in [-0.1, -0.05) is 11.6 Å². The largest absolute Gasteiger partial charge is 0.371 e. The molecule has 33 heavy (non-hydrogen) atoms. The first-order chi connectivity index (χ1) is 15.7. The number of pyridine rings is 1. The molecule has 1 N–H and O–H groups in total. The van der Waals surface area contributed by atoms with Gasteiger partial charge in [0.25, 0.3) is 0 Å². The number of carbonyl (C=O) groups excluding carboxylic acids is 1. The van der Waals surface area contributed by atoms with Crippen LogP contribution in [0.15, 0.2) is 35.4 Å². The molecular weight excluding hydrogens is 469 g/mol. The van der Waals surface area contributed by atoms with E-state index in [-0.39, 0.29) is 22.5 Å². The molecule has 1 aromatic heterocycles. The molecule has 2 aliphatic heterocycles. The molecule has 0 aliphatic carbocycles. The molecule has 0 radical (unpaired) electrons. The van der Waals surface area contributed by atoms with Gasteiger partial charge in [0.05, 0.1) is 21.2 Å². The Labute approximate surface area is 196 Å². The summed E-state index contributed by atoms with van der Waals surface area (Å²) in [7, 11) is -3.51. The number of halogens is 2. The van der Waals surface area contributed by atoms with Crippen LogP contribution in [0.1, 0.15) is 24.8 Å². The highest BCUT2D eigenvalue weighted by molar-refractivity contribution is 7.90. The normalized spacial score (nSPS) is 19.6. The Kier molecular flexibility index (Phi) is 6.45. The predicted octanol–water partition coefficient (Wildman–Crippen LogP) is 2.83. The van der Waals surface area contributed by atoms with Crippen molar-refractivity contribution < 1.29 is 17.6 Å². The minimum absolute atomic E-state index is 0.0517. The second-order valence-corrected chi connectivity index (χ2v) is 10.7. The van der Waals surface area contributed by atoms with Gasteiger partial charge < -0.3 is 15.1 Å². The monoisotopic (exact) mass is 491 g/mol. The summed E-state index contributed by atoms with van der Waals surface area (Å²) in [6.07, 6.45) is 4.52. The molecule has 0 spiro atoms. The van der Waals surface area contributed by atoms with E-state index >= 15 is 0 Å². The number of nitrogens with zero attached hydrogens (tertiary/aromatic N) is 4. The zero-order valence-electron chi connectivity index (χ0n) is 18.0. The predicted molar refractivity (Wildman–Crippen MR) is 122 cm³/mol. The number of hydrogen-bond donors (Lipinski definition) is 1. The zero-order valence-corrected chi connectivity index (χ0v) is 19.5. The molecule has 3 heterocycles. The summed E-state index contributed by atoms with van der Waals surface area (Å²) in [5, 5.41) is 12.7. The number of piperidine rings is 1. The molecule has 1 amide bonds. The molecule has 174 valence electrons. The van der Waals surface area contributed by atoms with Crippen LogP contribution in [-0.2, 0) is 14.6 Å². The maximum absolute atomic E-state index is 14.4. The van der Waals surface area contributed by atoms with Gasteiger partial charge in [-0.2, -0.15) is 5.26 Å². The van der Waals surface area contributed by atoms with Crippen LogP contribution in [0.2, 0.25) is 5.02 Å². The van der Waals surface area contributed by atoms with E-state index < -0.39 is 21.7 Å². The summed E-state index contributed by atoms with van der Waals surface area (Å²) < 4.78 is 37.6. The van der Waals surface area contributed by atoms with E-state index in [1.807, 2.05) is 9.80 Å². The summed E-state index contributed by atoms with van der Waals surface area (Å²) in [6, 6.07) is 6.85. The van der Waals surface area contributed by atoms with Crippen molar-refractivity contribution in [1.29, 1.82) is 5.26 Å². The lowest BCUT2D eigenvalue weighted by Gasteiger charge is -2.37. The number of hydrogen-bond acceptors (Lipinski definition) is 7. The number of sulfone groups is 1. The highest BCUT2D eigenvalue weighted by Gasteiger charge is 2.37. The van der Waals surface area contributed by atoms with Crippen molar-refractivity contribution in [2.75, 3.05) is 36.1 Å². The lowest BCUT2D eigenvalue weighted by atomic mass is 10.0.